The molecule has 6 heteroatoms. The number of benzene rings is 1. The molecular formula is C20H30FN3O2. The second-order valence-electron chi connectivity index (χ2n) is 7.15. The van der Waals surface area contributed by atoms with Gasteiger partial charge in [0.05, 0.1) is 19.3 Å². The van der Waals surface area contributed by atoms with Crippen LogP contribution >= 0.6 is 0 Å². The lowest BCUT2D eigenvalue weighted by molar-refractivity contribution is 0.0163. The average molecular weight is 363 g/mol. The number of nitrogens with one attached hydrogen (secondary N) is 1. The maximum atomic E-state index is 13.3. The number of hydrogen-bond acceptors (Lipinski definition) is 3. The zero-order valence-electron chi connectivity index (χ0n) is 15.6. The highest BCUT2D eigenvalue weighted by Crippen LogP contribution is 2.23. The molecule has 0 spiro atoms. The largest absolute Gasteiger partial charge is 0.379 e. The van der Waals surface area contributed by atoms with Gasteiger partial charge in [-0.05, 0) is 43.4 Å². The molecule has 2 heterocycles. The first-order valence-electron chi connectivity index (χ1n) is 9.80. The minimum atomic E-state index is -0.238. The van der Waals surface area contributed by atoms with E-state index in [9.17, 15) is 9.18 Å². The van der Waals surface area contributed by atoms with Gasteiger partial charge in [0.2, 0.25) is 0 Å². The van der Waals surface area contributed by atoms with Gasteiger partial charge in [-0.1, -0.05) is 19.1 Å². The molecule has 2 fully saturated rings. The van der Waals surface area contributed by atoms with E-state index in [1.165, 1.54) is 18.6 Å². The summed E-state index contributed by atoms with van der Waals surface area (Å²) in [7, 11) is 0. The predicted octanol–water partition coefficient (Wildman–Crippen LogP) is 3.17. The minimum Gasteiger partial charge on any atom is -0.379 e. The summed E-state index contributed by atoms with van der Waals surface area (Å²) < 4.78 is 18.8. The summed E-state index contributed by atoms with van der Waals surface area (Å²) in [5.41, 5.74) is 1.03. The fourth-order valence-electron chi connectivity index (χ4n) is 4.01. The van der Waals surface area contributed by atoms with E-state index in [1.54, 1.807) is 0 Å². The van der Waals surface area contributed by atoms with Crippen LogP contribution in [0.2, 0.25) is 0 Å². The molecule has 2 aliphatic rings. The minimum absolute atomic E-state index is 0.0249. The number of urea groups is 1. The quantitative estimate of drug-likeness (QED) is 0.874. The van der Waals surface area contributed by atoms with Crippen LogP contribution in [0.4, 0.5) is 9.18 Å². The first-order chi connectivity index (χ1) is 12.7. The lowest BCUT2D eigenvalue weighted by Gasteiger charge is -2.37. The van der Waals surface area contributed by atoms with Crippen LogP contribution in [0.15, 0.2) is 24.3 Å². The van der Waals surface area contributed by atoms with Crippen molar-refractivity contribution in [2.24, 2.45) is 0 Å². The molecule has 2 aliphatic heterocycles. The molecule has 0 aliphatic carbocycles. The van der Waals surface area contributed by atoms with Crippen molar-refractivity contribution in [1.29, 1.82) is 0 Å². The van der Waals surface area contributed by atoms with Crippen molar-refractivity contribution in [3.63, 3.8) is 0 Å². The molecule has 2 unspecified atom stereocenters. The molecule has 3 rings (SSSR count). The number of piperidine rings is 1. The number of carbonyl (C=O) groups is 1. The zero-order chi connectivity index (χ0) is 18.4. The van der Waals surface area contributed by atoms with E-state index in [4.69, 9.17) is 4.74 Å². The number of hydrogen-bond donors (Lipinski definition) is 1. The van der Waals surface area contributed by atoms with Crippen LogP contribution in [0.5, 0.6) is 0 Å². The molecule has 144 valence electrons. The van der Waals surface area contributed by atoms with Crippen molar-refractivity contribution in [1.82, 2.24) is 15.1 Å². The first-order valence-corrected chi connectivity index (χ1v) is 9.80. The molecule has 0 radical (unpaired) electrons. The molecule has 0 bridgehead atoms. The third kappa shape index (κ3) is 4.74. The van der Waals surface area contributed by atoms with Crippen molar-refractivity contribution in [2.45, 2.75) is 44.7 Å². The SMILES string of the molecule is CCC1CCCCN1C(=O)NCC(c1ccc(F)cc1)N1CCOCC1. The Kier molecular flexibility index (Phi) is 6.86. The molecule has 2 amide bonds. The molecule has 2 saturated heterocycles. The molecule has 1 aromatic carbocycles. The van der Waals surface area contributed by atoms with E-state index < -0.39 is 0 Å². The highest BCUT2D eigenvalue weighted by Gasteiger charge is 2.27. The third-order valence-electron chi connectivity index (χ3n) is 5.55. The Hall–Kier alpha value is -1.66. The van der Waals surface area contributed by atoms with Crippen molar-refractivity contribution in [2.75, 3.05) is 39.4 Å². The Morgan fingerprint density at radius 2 is 1.96 bits per heavy atom. The van der Waals surface area contributed by atoms with Gasteiger partial charge in [0.15, 0.2) is 0 Å². The Bertz CT molecular complexity index is 575. The standard InChI is InChI=1S/C20H30FN3O2/c1-2-18-5-3-4-10-24(18)20(25)22-15-19(23-11-13-26-14-12-23)16-6-8-17(21)9-7-16/h6-9,18-19H,2-5,10-15H2,1H3,(H,22,25). The van der Waals surface area contributed by atoms with Gasteiger partial charge in [0.1, 0.15) is 5.82 Å². The number of halogens is 1. The predicted molar refractivity (Wildman–Crippen MR) is 99.6 cm³/mol. The Morgan fingerprint density at radius 1 is 1.23 bits per heavy atom. The molecular weight excluding hydrogens is 333 g/mol. The van der Waals surface area contributed by atoms with Gasteiger partial charge in [-0.2, -0.15) is 0 Å². The van der Waals surface area contributed by atoms with Gasteiger partial charge < -0.3 is 15.0 Å². The van der Waals surface area contributed by atoms with Crippen LogP contribution in [0, 0.1) is 5.82 Å². The van der Waals surface area contributed by atoms with Crippen LogP contribution in [0.25, 0.3) is 0 Å². The molecule has 5 nitrogen and oxygen atoms in total. The molecule has 0 saturated carbocycles. The van der Waals surface area contributed by atoms with Crippen LogP contribution in [0.3, 0.4) is 0 Å². The van der Waals surface area contributed by atoms with Crippen LogP contribution in [-0.2, 0) is 4.74 Å². The monoisotopic (exact) mass is 363 g/mol. The number of carbonyl (C=O) groups excluding carboxylic acids is 1. The first kappa shape index (κ1) is 19.1. The summed E-state index contributed by atoms with van der Waals surface area (Å²) in [5.74, 6) is -0.238. The van der Waals surface area contributed by atoms with E-state index in [2.05, 4.69) is 17.1 Å². The Balaban J connectivity index is 1.66. The maximum absolute atomic E-state index is 13.3. The number of likely N-dealkylation sites (tertiary alicyclic amines) is 1. The summed E-state index contributed by atoms with van der Waals surface area (Å²) in [6.07, 6.45) is 4.37. The number of amides is 2. The fourth-order valence-corrected chi connectivity index (χ4v) is 4.01. The van der Waals surface area contributed by atoms with Crippen LogP contribution in [0.1, 0.15) is 44.2 Å². The highest BCUT2D eigenvalue weighted by atomic mass is 19.1. The van der Waals surface area contributed by atoms with Gasteiger partial charge in [-0.25, -0.2) is 9.18 Å². The van der Waals surface area contributed by atoms with E-state index in [0.29, 0.717) is 25.8 Å². The zero-order valence-corrected chi connectivity index (χ0v) is 15.6. The molecule has 1 N–H and O–H groups in total. The van der Waals surface area contributed by atoms with Gasteiger partial charge in [-0.3, -0.25) is 4.90 Å². The van der Waals surface area contributed by atoms with Crippen LogP contribution in [-0.4, -0.2) is 61.3 Å². The fraction of sp³-hybridized carbons (Fsp3) is 0.650. The van der Waals surface area contributed by atoms with E-state index in [1.807, 2.05) is 17.0 Å². The lowest BCUT2D eigenvalue weighted by atomic mass is 10.0. The molecule has 1 aromatic rings. The normalized spacial score (nSPS) is 22.8. The van der Waals surface area contributed by atoms with E-state index in [0.717, 1.165) is 44.5 Å². The number of morpholine rings is 1. The van der Waals surface area contributed by atoms with Crippen molar-refractivity contribution >= 4 is 6.03 Å². The number of rotatable bonds is 5. The molecule has 0 aromatic heterocycles. The van der Waals surface area contributed by atoms with Gasteiger partial charge in [-0.15, -0.1) is 0 Å². The van der Waals surface area contributed by atoms with E-state index in [-0.39, 0.29) is 17.9 Å². The van der Waals surface area contributed by atoms with Crippen LogP contribution < -0.4 is 5.32 Å². The molecule has 2 atom stereocenters. The Morgan fingerprint density at radius 3 is 2.65 bits per heavy atom. The second kappa shape index (κ2) is 9.33. The third-order valence-corrected chi connectivity index (χ3v) is 5.55. The van der Waals surface area contributed by atoms with Crippen molar-refractivity contribution in [3.8, 4) is 0 Å². The highest BCUT2D eigenvalue weighted by molar-refractivity contribution is 5.74. The number of ether oxygens (including phenoxy) is 1. The van der Waals surface area contributed by atoms with Gasteiger partial charge in [0.25, 0.3) is 0 Å². The summed E-state index contributed by atoms with van der Waals surface area (Å²) in [6, 6.07) is 7.01. The van der Waals surface area contributed by atoms with E-state index >= 15 is 0 Å². The van der Waals surface area contributed by atoms with Crippen molar-refractivity contribution < 1.29 is 13.9 Å². The second-order valence-corrected chi connectivity index (χ2v) is 7.15. The van der Waals surface area contributed by atoms with Crippen molar-refractivity contribution in [3.05, 3.63) is 35.6 Å². The number of nitrogens with zero attached hydrogens (tertiary/aromatic N) is 2. The Labute approximate surface area is 155 Å². The summed E-state index contributed by atoms with van der Waals surface area (Å²) in [6.45, 7) is 6.52. The molecule has 26 heavy (non-hydrogen) atoms. The topological polar surface area (TPSA) is 44.8 Å². The summed E-state index contributed by atoms with van der Waals surface area (Å²) >= 11 is 0. The summed E-state index contributed by atoms with van der Waals surface area (Å²) in [5, 5.41) is 3.14. The summed E-state index contributed by atoms with van der Waals surface area (Å²) in [4.78, 5) is 17.1. The maximum Gasteiger partial charge on any atom is 0.317 e. The average Bonchev–Trinajstić information content (AvgIpc) is 2.70. The van der Waals surface area contributed by atoms with Gasteiger partial charge in [0, 0.05) is 32.2 Å². The van der Waals surface area contributed by atoms with Gasteiger partial charge >= 0.3 is 6.03 Å². The smallest absolute Gasteiger partial charge is 0.317 e. The lowest BCUT2D eigenvalue weighted by Crippen LogP contribution is -2.51.